The number of piperazine rings is 1. The van der Waals surface area contributed by atoms with Crippen LogP contribution in [0.5, 0.6) is 28.7 Å². The van der Waals surface area contributed by atoms with E-state index in [-0.39, 0.29) is 54.9 Å². The second-order valence-electron chi connectivity index (χ2n) is 14.1. The molecule has 3 aromatic rings. The molecule has 0 aromatic heterocycles. The zero-order valence-corrected chi connectivity index (χ0v) is 32.1. The Morgan fingerprint density at radius 3 is 2.60 bits per heavy atom. The number of para-hydroxylation sites is 1. The molecular formula is C40H44N6O8S. The van der Waals surface area contributed by atoms with E-state index in [9.17, 15) is 20.0 Å². The number of thiocarbonyl (C=S) groups is 1. The third kappa shape index (κ3) is 6.64. The lowest BCUT2D eigenvalue weighted by Crippen LogP contribution is -2.69. The van der Waals surface area contributed by atoms with Crippen LogP contribution in [0.3, 0.4) is 0 Å². The SMILES string of the molecule is C=CCOC(=O)Oc1c(C)c2c(c3c1CC1C4c5c(cc(C)c(OC)c5O)CC([C@H](C#N)N1[C@H]3CNC(=O)C(C)NC(=S)Nc1ccccc1)N4C)OCO2. The van der Waals surface area contributed by atoms with E-state index in [0.29, 0.717) is 45.9 Å². The minimum absolute atomic E-state index is 0.0455. The molecule has 0 spiro atoms. The molecular weight excluding hydrogens is 725 g/mol. The number of hydrogen-bond donors (Lipinski definition) is 4. The van der Waals surface area contributed by atoms with Gasteiger partial charge in [0.1, 0.15) is 24.4 Å². The Morgan fingerprint density at radius 1 is 1.15 bits per heavy atom. The van der Waals surface area contributed by atoms with Gasteiger partial charge in [-0.2, -0.15) is 5.26 Å². The molecule has 2 bridgehead atoms. The van der Waals surface area contributed by atoms with Crippen LogP contribution in [0.1, 0.15) is 52.4 Å². The first kappa shape index (κ1) is 37.7. The van der Waals surface area contributed by atoms with Crippen LogP contribution in [0.4, 0.5) is 10.5 Å². The van der Waals surface area contributed by atoms with Gasteiger partial charge in [0, 0.05) is 46.6 Å². The molecule has 4 aliphatic rings. The molecule has 4 unspecified atom stereocenters. The highest BCUT2D eigenvalue weighted by atomic mass is 32.1. The van der Waals surface area contributed by atoms with Crippen LogP contribution in [-0.4, -0.2) is 90.4 Å². The Kier molecular flexibility index (Phi) is 10.5. The number of phenols is 1. The van der Waals surface area contributed by atoms with E-state index >= 15 is 0 Å². The number of benzene rings is 3. The molecule has 3 aromatic carbocycles. The number of likely N-dealkylation sites (N-methyl/N-ethyl adjacent to an activating group) is 1. The summed E-state index contributed by atoms with van der Waals surface area (Å²) in [5, 5.41) is 32.3. The minimum Gasteiger partial charge on any atom is -0.504 e. The number of carbonyl (C=O) groups excluding carboxylic acids is 2. The zero-order chi connectivity index (χ0) is 39.1. The predicted molar refractivity (Wildman–Crippen MR) is 207 cm³/mol. The molecule has 1 amide bonds. The Labute approximate surface area is 324 Å². The molecule has 15 heteroatoms. The van der Waals surface area contributed by atoms with Crippen LogP contribution < -0.4 is 34.9 Å². The van der Waals surface area contributed by atoms with Crippen LogP contribution in [0.2, 0.25) is 0 Å². The molecule has 0 saturated carbocycles. The van der Waals surface area contributed by atoms with Gasteiger partial charge in [-0.05, 0) is 76.1 Å². The van der Waals surface area contributed by atoms with Crippen LogP contribution in [0.25, 0.3) is 0 Å². The van der Waals surface area contributed by atoms with Gasteiger partial charge in [-0.25, -0.2) is 4.79 Å². The fraction of sp³-hybridized carbons (Fsp3) is 0.400. The first-order chi connectivity index (χ1) is 26.5. The summed E-state index contributed by atoms with van der Waals surface area (Å²) in [4.78, 5) is 31.1. The standard InChI is InChI=1S/C40H44N6O8S/c1-7-13-51-40(49)54-35-21(3)36-37(53-19-52-36)31-25(35)16-27-32-30-23(14-20(2)34(50-6)33(30)47)15-26(45(32)5)28(17-41)46(27)29(31)18-42-38(48)22(4)43-39(55)44-24-11-9-8-10-12-24/h7-12,14,22,26-29,32,47H,1,13,15-16,18-19H2,2-6H3,(H,42,48)(H2,43,44,55)/t22?,26?,27?,28-,29-,32?/m0/s1. The van der Waals surface area contributed by atoms with Gasteiger partial charge in [0.25, 0.3) is 0 Å². The number of anilines is 1. The maximum Gasteiger partial charge on any atom is 0.514 e. The lowest BCUT2D eigenvalue weighted by molar-refractivity contribution is -0.123. The molecule has 4 heterocycles. The number of ether oxygens (including phenoxy) is 5. The Hall–Kier alpha value is -5.56. The molecule has 7 rings (SSSR count). The number of carbonyl (C=O) groups is 2. The largest absolute Gasteiger partial charge is 0.514 e. The van der Waals surface area contributed by atoms with Crippen LogP contribution in [0, 0.1) is 25.2 Å². The molecule has 0 radical (unpaired) electrons. The third-order valence-corrected chi connectivity index (χ3v) is 11.2. The molecule has 1 fully saturated rings. The van der Waals surface area contributed by atoms with Crippen molar-refractivity contribution in [1.82, 2.24) is 20.4 Å². The van der Waals surface area contributed by atoms with Gasteiger partial charge in [0.2, 0.25) is 12.7 Å². The highest BCUT2D eigenvalue weighted by Gasteiger charge is 2.57. The van der Waals surface area contributed by atoms with E-state index in [2.05, 4.69) is 38.4 Å². The number of nitriles is 1. The van der Waals surface area contributed by atoms with E-state index in [1.165, 1.54) is 13.2 Å². The van der Waals surface area contributed by atoms with Crippen molar-refractivity contribution in [3.63, 3.8) is 0 Å². The molecule has 14 nitrogen and oxygen atoms in total. The minimum atomic E-state index is -0.923. The second-order valence-corrected chi connectivity index (χ2v) is 14.5. The number of nitrogens with one attached hydrogen (secondary N) is 3. The Bertz CT molecular complexity index is 2090. The number of hydrogen-bond acceptors (Lipinski definition) is 12. The number of rotatable bonds is 9. The molecule has 4 N–H and O–H groups in total. The smallest absolute Gasteiger partial charge is 0.504 e. The lowest BCUT2D eigenvalue weighted by Gasteiger charge is -2.60. The summed E-state index contributed by atoms with van der Waals surface area (Å²) < 4.78 is 29.0. The molecule has 1 saturated heterocycles. The van der Waals surface area contributed by atoms with Crippen molar-refractivity contribution >= 4 is 35.1 Å². The van der Waals surface area contributed by atoms with Gasteiger partial charge >= 0.3 is 6.16 Å². The molecule has 0 aliphatic carbocycles. The van der Waals surface area contributed by atoms with Gasteiger partial charge < -0.3 is 44.7 Å². The normalized spacial score (nSPS) is 22.4. The van der Waals surface area contributed by atoms with Crippen molar-refractivity contribution in [2.24, 2.45) is 0 Å². The number of fused-ring (bicyclic) bond motifs is 9. The van der Waals surface area contributed by atoms with Crippen molar-refractivity contribution < 1.29 is 38.4 Å². The molecule has 288 valence electrons. The summed E-state index contributed by atoms with van der Waals surface area (Å²) in [5.41, 5.74) is 5.03. The first-order valence-electron chi connectivity index (χ1n) is 18.1. The molecule has 55 heavy (non-hydrogen) atoms. The third-order valence-electron chi connectivity index (χ3n) is 11.0. The number of phenolic OH excluding ortho intramolecular Hbond substituents is 1. The van der Waals surface area contributed by atoms with Crippen molar-refractivity contribution in [3.8, 4) is 34.8 Å². The maximum atomic E-state index is 13.8. The van der Waals surface area contributed by atoms with Crippen LogP contribution in [0.15, 0.2) is 49.1 Å². The van der Waals surface area contributed by atoms with Gasteiger partial charge in [0.05, 0.1) is 25.3 Å². The highest BCUT2D eigenvalue weighted by molar-refractivity contribution is 7.80. The topological polar surface area (TPSA) is 167 Å². The number of aromatic hydroxyl groups is 1. The van der Waals surface area contributed by atoms with Gasteiger partial charge in [-0.15, -0.1) is 0 Å². The van der Waals surface area contributed by atoms with Crippen molar-refractivity contribution in [1.29, 1.82) is 5.26 Å². The number of nitrogens with zero attached hydrogens (tertiary/aromatic N) is 3. The van der Waals surface area contributed by atoms with Gasteiger partial charge in [-0.3, -0.25) is 14.6 Å². The van der Waals surface area contributed by atoms with E-state index < -0.39 is 36.4 Å². The zero-order valence-electron chi connectivity index (χ0n) is 31.3. The average molecular weight is 769 g/mol. The van der Waals surface area contributed by atoms with E-state index in [1.54, 1.807) is 13.8 Å². The summed E-state index contributed by atoms with van der Waals surface area (Å²) in [7, 11) is 3.49. The maximum absolute atomic E-state index is 13.8. The van der Waals surface area contributed by atoms with Crippen molar-refractivity contribution in [3.05, 3.63) is 82.4 Å². The summed E-state index contributed by atoms with van der Waals surface area (Å²) in [6, 6.07) is 10.8. The number of amides is 1. The summed E-state index contributed by atoms with van der Waals surface area (Å²) in [6.07, 6.45) is 1.30. The number of methoxy groups -OCH3 is 1. The van der Waals surface area contributed by atoms with Crippen LogP contribution in [-0.2, 0) is 22.4 Å². The monoisotopic (exact) mass is 768 g/mol. The second kappa shape index (κ2) is 15.3. The van der Waals surface area contributed by atoms with Gasteiger partial charge in [0.15, 0.2) is 28.1 Å². The number of aryl methyl sites for hydroxylation is 1. The van der Waals surface area contributed by atoms with Crippen LogP contribution >= 0.6 is 12.2 Å². The highest BCUT2D eigenvalue weighted by Crippen LogP contribution is 2.58. The quantitative estimate of drug-likeness (QED) is 0.102. The van der Waals surface area contributed by atoms with E-state index in [1.807, 2.05) is 50.4 Å². The first-order valence-corrected chi connectivity index (χ1v) is 18.5. The fourth-order valence-electron chi connectivity index (χ4n) is 8.71. The molecule has 4 aliphatic heterocycles. The Morgan fingerprint density at radius 2 is 1.89 bits per heavy atom. The fourth-order valence-corrected chi connectivity index (χ4v) is 9.00. The summed E-state index contributed by atoms with van der Waals surface area (Å²) >= 11 is 5.50. The van der Waals surface area contributed by atoms with Crippen molar-refractivity contribution in [2.45, 2.75) is 69.9 Å². The average Bonchev–Trinajstić information content (AvgIpc) is 3.65. The predicted octanol–water partition coefficient (Wildman–Crippen LogP) is 4.71. The Balaban J connectivity index is 1.32. The van der Waals surface area contributed by atoms with Gasteiger partial charge in [-0.1, -0.05) is 36.9 Å². The van der Waals surface area contributed by atoms with E-state index in [0.717, 1.165) is 16.8 Å². The molecule has 6 atom stereocenters. The summed E-state index contributed by atoms with van der Waals surface area (Å²) in [5.74, 6) is 1.20. The summed E-state index contributed by atoms with van der Waals surface area (Å²) in [6.45, 7) is 8.92. The van der Waals surface area contributed by atoms with E-state index in [4.69, 9.17) is 35.9 Å². The van der Waals surface area contributed by atoms with Crippen molar-refractivity contribution in [2.75, 3.05) is 39.4 Å². The lowest BCUT2D eigenvalue weighted by atomic mass is 9.71.